The summed E-state index contributed by atoms with van der Waals surface area (Å²) in [5.41, 5.74) is 2.75. The SMILES string of the molecule is C=CCN1C(=O)/C(=C\c2ccc(C)n2-c2ccccc2)C(=O)NC1=S. The van der Waals surface area contributed by atoms with Crippen molar-refractivity contribution in [3.8, 4) is 5.69 Å². The maximum atomic E-state index is 12.6. The number of nitrogens with zero attached hydrogens (tertiary/aromatic N) is 2. The molecule has 0 atom stereocenters. The van der Waals surface area contributed by atoms with Crippen molar-refractivity contribution in [3.63, 3.8) is 0 Å². The van der Waals surface area contributed by atoms with E-state index in [0.717, 1.165) is 17.1 Å². The first-order chi connectivity index (χ1) is 12.0. The minimum atomic E-state index is -0.492. The van der Waals surface area contributed by atoms with Crippen LogP contribution in [0.15, 0.2) is 60.7 Å². The third-order valence-corrected chi connectivity index (χ3v) is 4.23. The molecule has 126 valence electrons. The molecule has 0 saturated carbocycles. The van der Waals surface area contributed by atoms with Gasteiger partial charge in [-0.05, 0) is 49.5 Å². The van der Waals surface area contributed by atoms with E-state index < -0.39 is 11.8 Å². The highest BCUT2D eigenvalue weighted by Crippen LogP contribution is 2.21. The lowest BCUT2D eigenvalue weighted by Gasteiger charge is -2.27. The molecule has 1 aliphatic heterocycles. The van der Waals surface area contributed by atoms with Crippen LogP contribution in [0, 0.1) is 6.92 Å². The van der Waals surface area contributed by atoms with Gasteiger partial charge in [0.25, 0.3) is 11.8 Å². The van der Waals surface area contributed by atoms with Crippen molar-refractivity contribution < 1.29 is 9.59 Å². The fourth-order valence-electron chi connectivity index (χ4n) is 2.74. The number of carbonyl (C=O) groups is 2. The molecule has 0 bridgehead atoms. The molecule has 1 aromatic heterocycles. The monoisotopic (exact) mass is 351 g/mol. The predicted molar refractivity (Wildman–Crippen MR) is 101 cm³/mol. The summed E-state index contributed by atoms with van der Waals surface area (Å²) in [5.74, 6) is -0.916. The summed E-state index contributed by atoms with van der Waals surface area (Å²) in [6.45, 7) is 5.83. The molecule has 1 aliphatic rings. The van der Waals surface area contributed by atoms with E-state index >= 15 is 0 Å². The van der Waals surface area contributed by atoms with Crippen LogP contribution in [0.25, 0.3) is 11.8 Å². The molecule has 2 amide bonds. The minimum Gasteiger partial charge on any atom is -0.314 e. The number of aromatic nitrogens is 1. The Kier molecular flexibility index (Phi) is 4.63. The highest BCUT2D eigenvalue weighted by atomic mass is 32.1. The Morgan fingerprint density at radius 1 is 1.16 bits per heavy atom. The second-order valence-corrected chi connectivity index (χ2v) is 5.98. The van der Waals surface area contributed by atoms with E-state index in [2.05, 4.69) is 11.9 Å². The van der Waals surface area contributed by atoms with Gasteiger partial charge < -0.3 is 4.57 Å². The van der Waals surface area contributed by atoms with Crippen molar-refractivity contribution in [2.75, 3.05) is 6.54 Å². The van der Waals surface area contributed by atoms with E-state index in [1.807, 2.05) is 54.0 Å². The Labute approximate surface area is 151 Å². The lowest BCUT2D eigenvalue weighted by atomic mass is 10.1. The molecule has 1 N–H and O–H groups in total. The van der Waals surface area contributed by atoms with Crippen LogP contribution in [0.1, 0.15) is 11.4 Å². The minimum absolute atomic E-state index is 0.0470. The van der Waals surface area contributed by atoms with Crippen LogP contribution in [0.5, 0.6) is 0 Å². The lowest BCUT2D eigenvalue weighted by molar-refractivity contribution is -0.128. The van der Waals surface area contributed by atoms with E-state index in [9.17, 15) is 9.59 Å². The van der Waals surface area contributed by atoms with Gasteiger partial charge >= 0.3 is 0 Å². The zero-order valence-corrected chi connectivity index (χ0v) is 14.5. The summed E-state index contributed by atoms with van der Waals surface area (Å²) in [5, 5.41) is 2.65. The van der Waals surface area contributed by atoms with Crippen molar-refractivity contribution in [2.45, 2.75) is 6.92 Å². The molecule has 1 aromatic carbocycles. The largest absolute Gasteiger partial charge is 0.314 e. The Morgan fingerprint density at radius 3 is 2.56 bits per heavy atom. The summed E-state index contributed by atoms with van der Waals surface area (Å²) in [7, 11) is 0. The Hall–Kier alpha value is -2.99. The molecular weight excluding hydrogens is 334 g/mol. The average Bonchev–Trinajstić information content (AvgIpc) is 2.96. The lowest BCUT2D eigenvalue weighted by Crippen LogP contribution is -2.53. The Morgan fingerprint density at radius 2 is 1.88 bits per heavy atom. The number of para-hydroxylation sites is 1. The maximum absolute atomic E-state index is 12.6. The van der Waals surface area contributed by atoms with Gasteiger partial charge in [-0.25, -0.2) is 0 Å². The normalized spacial score (nSPS) is 16.3. The first-order valence-electron chi connectivity index (χ1n) is 7.76. The summed E-state index contributed by atoms with van der Waals surface area (Å²) >= 11 is 5.06. The molecule has 3 rings (SSSR count). The summed E-state index contributed by atoms with van der Waals surface area (Å²) < 4.78 is 1.98. The van der Waals surface area contributed by atoms with Crippen LogP contribution in [0.4, 0.5) is 0 Å². The zero-order valence-electron chi connectivity index (χ0n) is 13.7. The zero-order chi connectivity index (χ0) is 18.0. The molecule has 0 unspecified atom stereocenters. The molecule has 5 nitrogen and oxygen atoms in total. The quantitative estimate of drug-likeness (QED) is 0.399. The van der Waals surface area contributed by atoms with Gasteiger partial charge in [-0.15, -0.1) is 6.58 Å². The van der Waals surface area contributed by atoms with E-state index in [1.54, 1.807) is 12.2 Å². The average molecular weight is 351 g/mol. The summed E-state index contributed by atoms with van der Waals surface area (Å²) in [6, 6.07) is 13.6. The van der Waals surface area contributed by atoms with Gasteiger partial charge in [-0.2, -0.15) is 0 Å². The number of amides is 2. The number of hydrogen-bond acceptors (Lipinski definition) is 3. The number of benzene rings is 1. The van der Waals surface area contributed by atoms with Crippen molar-refractivity contribution in [1.82, 2.24) is 14.8 Å². The second-order valence-electron chi connectivity index (χ2n) is 5.59. The number of hydrogen-bond donors (Lipinski definition) is 1. The van der Waals surface area contributed by atoms with Gasteiger partial charge in [0, 0.05) is 23.6 Å². The number of carbonyl (C=O) groups excluding carboxylic acids is 2. The van der Waals surface area contributed by atoms with Crippen molar-refractivity contribution in [2.24, 2.45) is 0 Å². The smallest absolute Gasteiger partial charge is 0.266 e. The molecule has 2 heterocycles. The maximum Gasteiger partial charge on any atom is 0.266 e. The molecule has 0 spiro atoms. The number of aryl methyl sites for hydroxylation is 1. The van der Waals surface area contributed by atoms with Crippen LogP contribution in [-0.4, -0.2) is 32.9 Å². The fraction of sp³-hybridized carbons (Fsp3) is 0.105. The van der Waals surface area contributed by atoms with Crippen LogP contribution >= 0.6 is 12.2 Å². The Balaban J connectivity index is 2.06. The van der Waals surface area contributed by atoms with Gasteiger partial charge in [0.15, 0.2) is 5.11 Å². The third-order valence-electron chi connectivity index (χ3n) is 3.91. The number of rotatable bonds is 4. The van der Waals surface area contributed by atoms with E-state index in [-0.39, 0.29) is 17.2 Å². The van der Waals surface area contributed by atoms with Gasteiger partial charge in [0.2, 0.25) is 0 Å². The van der Waals surface area contributed by atoms with E-state index in [4.69, 9.17) is 12.2 Å². The van der Waals surface area contributed by atoms with Gasteiger partial charge in [0.1, 0.15) is 5.57 Å². The van der Waals surface area contributed by atoms with Crippen LogP contribution in [0.3, 0.4) is 0 Å². The predicted octanol–water partition coefficient (Wildman–Crippen LogP) is 2.60. The standard InChI is InChI=1S/C19H17N3O2S/c1-3-11-21-18(24)16(17(23)20-19(21)25)12-15-10-9-13(2)22(15)14-7-5-4-6-8-14/h3-10,12H,1,11H2,2H3,(H,20,23,25)/b16-12-. The summed E-state index contributed by atoms with van der Waals surface area (Å²) in [4.78, 5) is 26.2. The highest BCUT2D eigenvalue weighted by molar-refractivity contribution is 7.80. The fourth-order valence-corrected chi connectivity index (χ4v) is 2.99. The molecule has 0 radical (unpaired) electrons. The number of thiocarbonyl (C=S) groups is 1. The topological polar surface area (TPSA) is 54.3 Å². The van der Waals surface area contributed by atoms with E-state index in [0.29, 0.717) is 0 Å². The first-order valence-corrected chi connectivity index (χ1v) is 8.17. The molecule has 1 fully saturated rings. The van der Waals surface area contributed by atoms with Gasteiger partial charge in [-0.3, -0.25) is 19.8 Å². The van der Waals surface area contributed by atoms with Crippen LogP contribution < -0.4 is 5.32 Å². The molecular formula is C19H17N3O2S. The van der Waals surface area contributed by atoms with Crippen molar-refractivity contribution in [1.29, 1.82) is 0 Å². The van der Waals surface area contributed by atoms with Crippen LogP contribution in [0.2, 0.25) is 0 Å². The molecule has 25 heavy (non-hydrogen) atoms. The summed E-state index contributed by atoms with van der Waals surface area (Å²) in [6.07, 6.45) is 3.16. The van der Waals surface area contributed by atoms with Crippen molar-refractivity contribution >= 4 is 35.2 Å². The highest BCUT2D eigenvalue weighted by Gasteiger charge is 2.32. The molecule has 6 heteroatoms. The van der Waals surface area contributed by atoms with Gasteiger partial charge in [-0.1, -0.05) is 24.3 Å². The van der Waals surface area contributed by atoms with E-state index in [1.165, 1.54) is 4.90 Å². The third kappa shape index (κ3) is 3.16. The first kappa shape index (κ1) is 16.9. The molecule has 1 saturated heterocycles. The second kappa shape index (κ2) is 6.86. The van der Waals surface area contributed by atoms with Crippen LogP contribution in [-0.2, 0) is 9.59 Å². The molecule has 0 aliphatic carbocycles. The number of nitrogens with one attached hydrogen (secondary N) is 1. The Bertz CT molecular complexity index is 897. The van der Waals surface area contributed by atoms with Gasteiger partial charge in [0.05, 0.1) is 0 Å². The van der Waals surface area contributed by atoms with Crippen molar-refractivity contribution in [3.05, 3.63) is 72.1 Å². The molecule has 2 aromatic rings.